The van der Waals surface area contributed by atoms with Crippen LogP contribution in [0.3, 0.4) is 0 Å². The van der Waals surface area contributed by atoms with Crippen molar-refractivity contribution in [3.05, 3.63) is 18.2 Å². The van der Waals surface area contributed by atoms with Gasteiger partial charge in [-0.15, -0.1) is 0 Å². The zero-order valence-corrected chi connectivity index (χ0v) is 10.1. The lowest BCUT2D eigenvalue weighted by Gasteiger charge is -2.23. The van der Waals surface area contributed by atoms with E-state index in [4.69, 9.17) is 9.47 Å². The Bertz CT molecular complexity index is 430. The van der Waals surface area contributed by atoms with Gasteiger partial charge in [0.05, 0.1) is 26.0 Å². The number of morpholine rings is 1. The van der Waals surface area contributed by atoms with Crippen molar-refractivity contribution in [2.75, 3.05) is 32.2 Å². The Kier molecular flexibility index (Phi) is 4.01. The van der Waals surface area contributed by atoms with Crippen LogP contribution in [0.1, 0.15) is 0 Å². The van der Waals surface area contributed by atoms with E-state index in [1.165, 1.54) is 13.2 Å². The van der Waals surface area contributed by atoms with Crippen molar-refractivity contribution in [1.82, 2.24) is 5.32 Å². The van der Waals surface area contributed by atoms with Crippen LogP contribution in [0.25, 0.3) is 0 Å². The predicted molar refractivity (Wildman–Crippen MR) is 65.9 cm³/mol. The van der Waals surface area contributed by atoms with Crippen molar-refractivity contribution in [2.24, 2.45) is 0 Å². The van der Waals surface area contributed by atoms with Crippen LogP contribution in [0.2, 0.25) is 0 Å². The summed E-state index contributed by atoms with van der Waals surface area (Å²) in [4.78, 5) is 11.9. The van der Waals surface area contributed by atoms with Gasteiger partial charge in [-0.25, -0.2) is 0 Å². The molecule has 1 heterocycles. The summed E-state index contributed by atoms with van der Waals surface area (Å²) >= 11 is 0. The van der Waals surface area contributed by atoms with Gasteiger partial charge in [-0.2, -0.15) is 0 Å². The molecular formula is C12H16N2O4. The molecule has 1 aliphatic rings. The number of phenols is 1. The Morgan fingerprint density at radius 1 is 1.61 bits per heavy atom. The first-order valence-electron chi connectivity index (χ1n) is 5.69. The van der Waals surface area contributed by atoms with Crippen LogP contribution in [0.15, 0.2) is 18.2 Å². The zero-order valence-electron chi connectivity index (χ0n) is 10.1. The van der Waals surface area contributed by atoms with E-state index in [-0.39, 0.29) is 17.7 Å². The van der Waals surface area contributed by atoms with Crippen molar-refractivity contribution >= 4 is 11.6 Å². The quantitative estimate of drug-likeness (QED) is 0.675. The molecule has 18 heavy (non-hydrogen) atoms. The number of phenolic OH excluding ortho intramolecular Hbond substituents is 1. The number of hydrogen-bond donors (Lipinski definition) is 3. The number of anilines is 1. The van der Waals surface area contributed by atoms with Crippen LogP contribution in [0, 0.1) is 0 Å². The highest BCUT2D eigenvalue weighted by Crippen LogP contribution is 2.27. The summed E-state index contributed by atoms with van der Waals surface area (Å²) < 4.78 is 10.2. The van der Waals surface area contributed by atoms with Crippen molar-refractivity contribution in [3.8, 4) is 11.5 Å². The van der Waals surface area contributed by atoms with Crippen molar-refractivity contribution in [1.29, 1.82) is 0 Å². The van der Waals surface area contributed by atoms with Crippen molar-refractivity contribution < 1.29 is 19.4 Å². The minimum absolute atomic E-state index is 0.0283. The number of methoxy groups -OCH3 is 1. The van der Waals surface area contributed by atoms with Crippen LogP contribution in [-0.2, 0) is 9.53 Å². The molecule has 0 bridgehead atoms. The zero-order chi connectivity index (χ0) is 13.0. The van der Waals surface area contributed by atoms with Gasteiger partial charge in [0.25, 0.3) is 0 Å². The molecular weight excluding hydrogens is 236 g/mol. The topological polar surface area (TPSA) is 79.8 Å². The minimum Gasteiger partial charge on any atom is -0.506 e. The van der Waals surface area contributed by atoms with E-state index in [9.17, 15) is 9.90 Å². The number of ether oxygens (including phenoxy) is 2. The number of carbonyl (C=O) groups is 1. The van der Waals surface area contributed by atoms with Crippen LogP contribution < -0.4 is 15.4 Å². The summed E-state index contributed by atoms with van der Waals surface area (Å²) in [5.41, 5.74) is 0.355. The van der Waals surface area contributed by atoms with E-state index >= 15 is 0 Å². The van der Waals surface area contributed by atoms with Gasteiger partial charge in [0.2, 0.25) is 5.91 Å². The third kappa shape index (κ3) is 2.91. The van der Waals surface area contributed by atoms with Gasteiger partial charge in [-0.1, -0.05) is 0 Å². The maximum absolute atomic E-state index is 11.9. The first kappa shape index (κ1) is 12.7. The third-order valence-electron chi connectivity index (χ3n) is 2.70. The largest absolute Gasteiger partial charge is 0.506 e. The normalized spacial score (nSPS) is 19.3. The maximum atomic E-state index is 11.9. The van der Waals surface area contributed by atoms with E-state index in [1.807, 2.05) is 0 Å². The van der Waals surface area contributed by atoms with Gasteiger partial charge in [0.1, 0.15) is 17.5 Å². The number of carbonyl (C=O) groups excluding carboxylic acids is 1. The second kappa shape index (κ2) is 5.70. The lowest BCUT2D eigenvalue weighted by Crippen LogP contribution is -2.48. The Morgan fingerprint density at radius 3 is 3.06 bits per heavy atom. The summed E-state index contributed by atoms with van der Waals surface area (Å²) in [5, 5.41) is 15.4. The van der Waals surface area contributed by atoms with Crippen LogP contribution >= 0.6 is 0 Å². The Labute approximate surface area is 105 Å². The average molecular weight is 252 g/mol. The minimum atomic E-state index is -0.389. The van der Waals surface area contributed by atoms with E-state index in [1.54, 1.807) is 12.1 Å². The standard InChI is InChI=1S/C12H16N2O4/c1-17-8-2-3-9(11(15)6-8)14-12(16)10-7-18-5-4-13-10/h2-3,6,10,13,15H,4-5,7H2,1H3,(H,14,16). The fourth-order valence-corrected chi connectivity index (χ4v) is 1.70. The SMILES string of the molecule is COc1ccc(NC(=O)C2COCCN2)c(O)c1. The molecule has 1 atom stereocenters. The lowest BCUT2D eigenvalue weighted by molar-refractivity contribution is -0.120. The molecule has 0 aromatic heterocycles. The molecule has 1 fully saturated rings. The number of amides is 1. The van der Waals surface area contributed by atoms with Gasteiger partial charge in [-0.3, -0.25) is 4.79 Å². The molecule has 1 aromatic rings. The van der Waals surface area contributed by atoms with Gasteiger partial charge >= 0.3 is 0 Å². The van der Waals surface area contributed by atoms with Crippen molar-refractivity contribution in [3.63, 3.8) is 0 Å². The van der Waals surface area contributed by atoms with Gasteiger partial charge in [-0.05, 0) is 12.1 Å². The number of benzene rings is 1. The molecule has 3 N–H and O–H groups in total. The molecule has 0 saturated carbocycles. The molecule has 1 aromatic carbocycles. The molecule has 1 saturated heterocycles. The van der Waals surface area contributed by atoms with Crippen LogP contribution in [0.5, 0.6) is 11.5 Å². The maximum Gasteiger partial charge on any atom is 0.244 e. The average Bonchev–Trinajstić information content (AvgIpc) is 2.42. The predicted octanol–water partition coefficient (Wildman–Crippen LogP) is 0.328. The first-order chi connectivity index (χ1) is 8.70. The highest BCUT2D eigenvalue weighted by molar-refractivity contribution is 5.96. The molecule has 1 unspecified atom stereocenters. The summed E-state index contributed by atoms with van der Waals surface area (Å²) in [6.07, 6.45) is 0. The number of hydrogen-bond acceptors (Lipinski definition) is 5. The molecule has 98 valence electrons. The monoisotopic (exact) mass is 252 g/mol. The van der Waals surface area contributed by atoms with Crippen LogP contribution in [-0.4, -0.2) is 43.9 Å². The molecule has 6 heteroatoms. The third-order valence-corrected chi connectivity index (χ3v) is 2.70. The highest BCUT2D eigenvalue weighted by Gasteiger charge is 2.21. The fourth-order valence-electron chi connectivity index (χ4n) is 1.70. The van der Waals surface area contributed by atoms with E-state index < -0.39 is 0 Å². The molecule has 1 aliphatic heterocycles. The molecule has 1 amide bonds. The summed E-state index contributed by atoms with van der Waals surface area (Å²) in [7, 11) is 1.51. The molecule has 0 radical (unpaired) electrons. The fraction of sp³-hybridized carbons (Fsp3) is 0.417. The smallest absolute Gasteiger partial charge is 0.244 e. The lowest BCUT2D eigenvalue weighted by atomic mass is 10.2. The Balaban J connectivity index is 2.02. The molecule has 0 aliphatic carbocycles. The van der Waals surface area contributed by atoms with E-state index in [2.05, 4.69) is 10.6 Å². The Morgan fingerprint density at radius 2 is 2.44 bits per heavy atom. The summed E-state index contributed by atoms with van der Waals surface area (Å²) in [6.45, 7) is 1.59. The van der Waals surface area contributed by atoms with Crippen molar-refractivity contribution in [2.45, 2.75) is 6.04 Å². The van der Waals surface area contributed by atoms with Gasteiger partial charge < -0.3 is 25.2 Å². The Hall–Kier alpha value is -1.79. The van der Waals surface area contributed by atoms with E-state index in [0.717, 1.165) is 0 Å². The second-order valence-corrected chi connectivity index (χ2v) is 3.95. The first-order valence-corrected chi connectivity index (χ1v) is 5.69. The molecule has 0 spiro atoms. The second-order valence-electron chi connectivity index (χ2n) is 3.95. The highest BCUT2D eigenvalue weighted by atomic mass is 16.5. The number of rotatable bonds is 3. The van der Waals surface area contributed by atoms with Gasteiger partial charge in [0.15, 0.2) is 0 Å². The molecule has 2 rings (SSSR count). The summed E-state index contributed by atoms with van der Waals surface area (Å²) in [5.74, 6) is 0.277. The number of aromatic hydroxyl groups is 1. The summed E-state index contributed by atoms with van der Waals surface area (Å²) in [6, 6.07) is 4.32. The van der Waals surface area contributed by atoms with Crippen LogP contribution in [0.4, 0.5) is 5.69 Å². The number of nitrogens with one attached hydrogen (secondary N) is 2. The van der Waals surface area contributed by atoms with E-state index in [0.29, 0.717) is 31.2 Å². The molecule has 6 nitrogen and oxygen atoms in total. The van der Waals surface area contributed by atoms with Gasteiger partial charge in [0, 0.05) is 12.6 Å².